The van der Waals surface area contributed by atoms with Crippen LogP contribution in [-0.4, -0.2) is 28.7 Å². The van der Waals surface area contributed by atoms with E-state index in [9.17, 15) is 0 Å². The van der Waals surface area contributed by atoms with E-state index in [0.29, 0.717) is 0 Å². The molecule has 0 bridgehead atoms. The van der Waals surface area contributed by atoms with Gasteiger partial charge >= 0.3 is 0 Å². The number of fused-ring (bicyclic) bond motifs is 3. The molecule has 0 aliphatic carbocycles. The van der Waals surface area contributed by atoms with E-state index >= 15 is 0 Å². The predicted octanol–water partition coefficient (Wildman–Crippen LogP) is 14.6. The van der Waals surface area contributed by atoms with Crippen LogP contribution in [0, 0.1) is 0 Å². The second-order valence-corrected chi connectivity index (χ2v) is 20.0. The molecule has 0 unspecified atom stereocenters. The van der Waals surface area contributed by atoms with Gasteiger partial charge in [-0.15, -0.1) is 0 Å². The minimum atomic E-state index is 0.0264. The van der Waals surface area contributed by atoms with Crippen molar-refractivity contribution in [3.05, 3.63) is 180 Å². The van der Waals surface area contributed by atoms with E-state index in [4.69, 9.17) is 15.0 Å². The van der Waals surface area contributed by atoms with Crippen LogP contribution in [0.3, 0.4) is 0 Å². The van der Waals surface area contributed by atoms with Gasteiger partial charge in [-0.3, -0.25) is 13.7 Å². The zero-order valence-corrected chi connectivity index (χ0v) is 37.8. The molecule has 7 aromatic carbocycles. The van der Waals surface area contributed by atoms with Crippen molar-refractivity contribution in [3.63, 3.8) is 0 Å². The highest BCUT2D eigenvalue weighted by atomic mass is 15.1. The third-order valence-electron chi connectivity index (χ3n) is 12.4. The van der Waals surface area contributed by atoms with Gasteiger partial charge in [-0.1, -0.05) is 135 Å². The summed E-state index contributed by atoms with van der Waals surface area (Å²) in [5, 5.41) is 0. The number of hydrogen-bond donors (Lipinski definition) is 0. The van der Waals surface area contributed by atoms with E-state index in [1.54, 1.807) is 0 Å². The zero-order chi connectivity index (χ0) is 43.8. The molecule has 0 atom stereocenters. The molecule has 10 aromatic rings. The summed E-state index contributed by atoms with van der Waals surface area (Å²) in [5.74, 6) is 2.53. The van der Waals surface area contributed by atoms with Gasteiger partial charge in [-0.25, -0.2) is 15.0 Å². The van der Waals surface area contributed by atoms with Gasteiger partial charge in [0.2, 0.25) is 0 Å². The van der Waals surface area contributed by atoms with Crippen LogP contribution in [0.5, 0.6) is 0 Å². The number of nitrogens with zero attached hydrogens (tertiary/aromatic N) is 6. The van der Waals surface area contributed by atoms with Crippen molar-refractivity contribution in [2.75, 3.05) is 0 Å². The molecule has 6 nitrogen and oxygen atoms in total. The molecule has 0 amide bonds. The summed E-state index contributed by atoms with van der Waals surface area (Å²) >= 11 is 0. The van der Waals surface area contributed by atoms with Gasteiger partial charge in [-0.2, -0.15) is 0 Å². The van der Waals surface area contributed by atoms with E-state index < -0.39 is 0 Å². The Labute approximate surface area is 370 Å². The van der Waals surface area contributed by atoms with E-state index in [2.05, 4.69) is 240 Å². The topological polar surface area (TPSA) is 53.5 Å². The highest BCUT2D eigenvalue weighted by molar-refractivity contribution is 5.90. The summed E-state index contributed by atoms with van der Waals surface area (Å²) in [6.07, 6.45) is 0. The lowest BCUT2D eigenvalue weighted by molar-refractivity contribution is 0.590. The van der Waals surface area contributed by atoms with Gasteiger partial charge in [0.05, 0.1) is 33.1 Å². The minimum Gasteiger partial charge on any atom is -0.292 e. The first-order valence-electron chi connectivity index (χ1n) is 22.0. The molecule has 63 heavy (non-hydrogen) atoms. The predicted molar refractivity (Wildman–Crippen MR) is 263 cm³/mol. The number of rotatable bonds is 6. The molecule has 0 radical (unpaired) electrons. The van der Waals surface area contributed by atoms with Crippen molar-refractivity contribution >= 4 is 33.1 Å². The van der Waals surface area contributed by atoms with E-state index in [1.807, 2.05) is 0 Å². The van der Waals surface area contributed by atoms with Crippen molar-refractivity contribution in [1.82, 2.24) is 28.7 Å². The van der Waals surface area contributed by atoms with Crippen LogP contribution < -0.4 is 0 Å². The second-order valence-electron chi connectivity index (χ2n) is 20.0. The summed E-state index contributed by atoms with van der Waals surface area (Å²) in [6, 6.07) is 58.9. The number of aromatic nitrogens is 6. The van der Waals surface area contributed by atoms with Crippen LogP contribution in [-0.2, 0) is 16.2 Å². The Kier molecular flexibility index (Phi) is 9.41. The summed E-state index contributed by atoms with van der Waals surface area (Å²) in [4.78, 5) is 16.3. The average Bonchev–Trinajstić information content (AvgIpc) is 3.98. The third kappa shape index (κ3) is 7.23. The fourth-order valence-corrected chi connectivity index (χ4v) is 8.79. The van der Waals surface area contributed by atoms with E-state index in [0.717, 1.165) is 84.3 Å². The first-order chi connectivity index (χ1) is 30.1. The average molecular weight is 823 g/mol. The Morgan fingerprint density at radius 1 is 0.302 bits per heavy atom. The molecule has 312 valence electrons. The Balaban J connectivity index is 1.27. The maximum Gasteiger partial charge on any atom is 0.145 e. The number of benzene rings is 7. The molecule has 3 aromatic heterocycles. The van der Waals surface area contributed by atoms with Crippen LogP contribution in [0.15, 0.2) is 164 Å². The van der Waals surface area contributed by atoms with Crippen LogP contribution in [0.1, 0.15) is 79.0 Å². The normalized spacial score (nSPS) is 12.5. The van der Waals surface area contributed by atoms with Crippen LogP contribution >= 0.6 is 0 Å². The van der Waals surface area contributed by atoms with Gasteiger partial charge in [0, 0.05) is 33.8 Å². The molecule has 0 saturated heterocycles. The standard InChI is InChI=1S/C57H54N6/c1-55(2,3)40-22-28-43(29-23-40)61-49-19-13-10-16-46(49)58-52(61)37-34-38(53-59-47-17-11-14-20-50(47)62(53)44-30-24-41(25-31-44)56(4,5)6)36-39(35-37)54-60-48-18-12-15-21-51(48)63(54)45-32-26-42(27-33-45)57(7,8)9/h10-36H,1-9H3. The minimum absolute atomic E-state index is 0.0264. The van der Waals surface area contributed by atoms with Gasteiger partial charge < -0.3 is 0 Å². The summed E-state index contributed by atoms with van der Waals surface area (Å²) in [6.45, 7) is 20.3. The van der Waals surface area contributed by atoms with Gasteiger partial charge in [0.1, 0.15) is 17.5 Å². The first kappa shape index (κ1) is 40.0. The third-order valence-corrected chi connectivity index (χ3v) is 12.4. The van der Waals surface area contributed by atoms with Gasteiger partial charge in [-0.05, 0) is 124 Å². The highest BCUT2D eigenvalue weighted by Crippen LogP contribution is 2.39. The molecule has 0 N–H and O–H groups in total. The molecule has 3 heterocycles. The Morgan fingerprint density at radius 2 is 0.540 bits per heavy atom. The van der Waals surface area contributed by atoms with Crippen molar-refractivity contribution < 1.29 is 0 Å². The molecular weight excluding hydrogens is 769 g/mol. The van der Waals surface area contributed by atoms with Gasteiger partial charge in [0.15, 0.2) is 0 Å². The largest absolute Gasteiger partial charge is 0.292 e. The molecule has 0 aliphatic rings. The first-order valence-corrected chi connectivity index (χ1v) is 22.0. The second kappa shape index (κ2) is 14.8. The van der Waals surface area contributed by atoms with Crippen LogP contribution in [0.4, 0.5) is 0 Å². The molecule has 0 spiro atoms. The SMILES string of the molecule is CC(C)(C)c1ccc(-n2c(-c3cc(-c4nc5ccccc5n4-c4ccc(C(C)(C)C)cc4)cc(-c4nc5ccccc5n4-c4ccc(C(C)(C)C)cc4)c3)nc3ccccc32)cc1. The monoisotopic (exact) mass is 822 g/mol. The Bertz CT molecular complexity index is 2930. The lowest BCUT2D eigenvalue weighted by Gasteiger charge is -2.20. The van der Waals surface area contributed by atoms with E-state index in [-0.39, 0.29) is 16.2 Å². The molecule has 0 fully saturated rings. The van der Waals surface area contributed by atoms with Crippen molar-refractivity contribution in [2.24, 2.45) is 0 Å². The molecule has 6 heteroatoms. The van der Waals surface area contributed by atoms with Crippen molar-refractivity contribution in [2.45, 2.75) is 78.6 Å². The fraction of sp³-hybridized carbons (Fsp3) is 0.211. The summed E-state index contributed by atoms with van der Waals surface area (Å²) < 4.78 is 6.90. The Hall–Kier alpha value is -7.05. The Morgan fingerprint density at radius 3 is 0.778 bits per heavy atom. The highest BCUT2D eigenvalue weighted by Gasteiger charge is 2.24. The van der Waals surface area contributed by atoms with Crippen LogP contribution in [0.2, 0.25) is 0 Å². The van der Waals surface area contributed by atoms with Crippen molar-refractivity contribution in [1.29, 1.82) is 0 Å². The zero-order valence-electron chi connectivity index (χ0n) is 37.8. The summed E-state index contributed by atoms with van der Waals surface area (Å²) in [7, 11) is 0. The van der Waals surface area contributed by atoms with E-state index in [1.165, 1.54) is 16.7 Å². The lowest BCUT2D eigenvalue weighted by atomic mass is 9.87. The van der Waals surface area contributed by atoms with Gasteiger partial charge in [0.25, 0.3) is 0 Å². The fourth-order valence-electron chi connectivity index (χ4n) is 8.79. The molecule has 10 rings (SSSR count). The maximum atomic E-state index is 5.42. The number of para-hydroxylation sites is 6. The van der Waals surface area contributed by atoms with Crippen LogP contribution in [0.25, 0.3) is 84.3 Å². The molecule has 0 saturated carbocycles. The molecular formula is C57H54N6. The smallest absolute Gasteiger partial charge is 0.145 e. The number of imidazole rings is 3. The lowest BCUT2D eigenvalue weighted by Crippen LogP contribution is -2.11. The summed E-state index contributed by atoms with van der Waals surface area (Å²) in [5.41, 5.74) is 15.9. The van der Waals surface area contributed by atoms with Crippen molar-refractivity contribution in [3.8, 4) is 51.2 Å². The molecule has 0 aliphatic heterocycles. The number of hydrogen-bond acceptors (Lipinski definition) is 3. The maximum absolute atomic E-state index is 5.42. The quantitative estimate of drug-likeness (QED) is 0.168.